The summed E-state index contributed by atoms with van der Waals surface area (Å²) in [5.74, 6) is -0.147. The first-order valence-corrected chi connectivity index (χ1v) is 8.79. The third-order valence-corrected chi connectivity index (χ3v) is 4.57. The molecule has 1 rings (SSSR count). The van der Waals surface area contributed by atoms with Crippen LogP contribution >= 0.6 is 33.9 Å². The van der Waals surface area contributed by atoms with Gasteiger partial charge < -0.3 is 4.90 Å². The van der Waals surface area contributed by atoms with Crippen molar-refractivity contribution in [3.05, 3.63) is 27.7 Å². The molecule has 0 radical (unpaired) electrons. The fourth-order valence-electron chi connectivity index (χ4n) is 1.73. The Morgan fingerprint density at radius 3 is 2.30 bits per heavy atom. The van der Waals surface area contributed by atoms with Gasteiger partial charge in [-0.05, 0) is 18.1 Å². The summed E-state index contributed by atoms with van der Waals surface area (Å²) in [6.45, 7) is 4.42. The van der Waals surface area contributed by atoms with Crippen LogP contribution in [0.2, 0.25) is 10.0 Å². The molecule has 0 N–H and O–H groups in total. The van der Waals surface area contributed by atoms with E-state index in [-0.39, 0.29) is 26.4 Å². The number of hydrogen-bond acceptors (Lipinski definition) is 3. The molecule has 1 aromatic carbocycles. The molecular formula is C12H14Cl3NO3S. The Kier molecular flexibility index (Phi) is 5.72. The standard InChI is InChI=1S/C12H14Cl3NO3S/c1-7(2)6-16(3)12(17)9-4-8(13)5-10(11(9)14)20(15,18)19/h4-5,7H,6H2,1-3H3. The Morgan fingerprint density at radius 2 is 1.85 bits per heavy atom. The van der Waals surface area contributed by atoms with Crippen molar-refractivity contribution in [3.8, 4) is 0 Å². The highest BCUT2D eigenvalue weighted by atomic mass is 35.7. The van der Waals surface area contributed by atoms with Gasteiger partial charge in [0, 0.05) is 29.3 Å². The number of nitrogens with zero attached hydrogens (tertiary/aromatic N) is 1. The lowest BCUT2D eigenvalue weighted by Crippen LogP contribution is -2.30. The maximum atomic E-state index is 12.3. The molecule has 1 amide bonds. The summed E-state index contributed by atoms with van der Waals surface area (Å²) in [5.41, 5.74) is 0.0153. The lowest BCUT2D eigenvalue weighted by molar-refractivity contribution is 0.0779. The SMILES string of the molecule is CC(C)CN(C)C(=O)c1cc(Cl)cc(S(=O)(=O)Cl)c1Cl. The van der Waals surface area contributed by atoms with Crippen LogP contribution in [0.3, 0.4) is 0 Å². The second kappa shape index (κ2) is 6.52. The van der Waals surface area contributed by atoms with Crippen molar-refractivity contribution in [3.63, 3.8) is 0 Å². The van der Waals surface area contributed by atoms with E-state index in [0.29, 0.717) is 6.54 Å². The normalized spacial score (nSPS) is 11.8. The van der Waals surface area contributed by atoms with Gasteiger partial charge in [0.05, 0.1) is 10.6 Å². The highest BCUT2D eigenvalue weighted by molar-refractivity contribution is 8.13. The van der Waals surface area contributed by atoms with E-state index >= 15 is 0 Å². The molecule has 0 aliphatic carbocycles. The average molecular weight is 359 g/mol. The van der Waals surface area contributed by atoms with Crippen molar-refractivity contribution < 1.29 is 13.2 Å². The quantitative estimate of drug-likeness (QED) is 0.772. The molecule has 8 heteroatoms. The van der Waals surface area contributed by atoms with Crippen LogP contribution < -0.4 is 0 Å². The second-order valence-electron chi connectivity index (χ2n) is 4.78. The predicted molar refractivity (Wildman–Crippen MR) is 81.3 cm³/mol. The van der Waals surface area contributed by atoms with Gasteiger partial charge >= 0.3 is 0 Å². The number of amides is 1. The number of halogens is 3. The fourth-order valence-corrected chi connectivity index (χ4v) is 3.59. The number of benzene rings is 1. The first-order valence-electron chi connectivity index (χ1n) is 5.73. The number of carbonyl (C=O) groups is 1. The Balaban J connectivity index is 3.33. The van der Waals surface area contributed by atoms with Crippen LogP contribution in [0.1, 0.15) is 24.2 Å². The van der Waals surface area contributed by atoms with Crippen LogP contribution in [-0.4, -0.2) is 32.8 Å². The molecule has 0 aliphatic heterocycles. The summed E-state index contributed by atoms with van der Waals surface area (Å²) in [6, 6.07) is 2.44. The molecule has 0 heterocycles. The minimum absolute atomic E-state index is 0.0153. The van der Waals surface area contributed by atoms with Crippen LogP contribution in [0, 0.1) is 5.92 Å². The molecule has 0 atom stereocenters. The zero-order valence-corrected chi connectivity index (χ0v) is 14.2. The minimum atomic E-state index is -4.08. The van der Waals surface area contributed by atoms with Crippen molar-refractivity contribution in [2.75, 3.05) is 13.6 Å². The van der Waals surface area contributed by atoms with Crippen molar-refractivity contribution in [1.82, 2.24) is 4.90 Å². The van der Waals surface area contributed by atoms with Gasteiger partial charge in [0.1, 0.15) is 4.90 Å². The largest absolute Gasteiger partial charge is 0.341 e. The highest BCUT2D eigenvalue weighted by Gasteiger charge is 2.24. The summed E-state index contributed by atoms with van der Waals surface area (Å²) in [5, 5.41) is -0.139. The molecule has 0 aliphatic rings. The van der Waals surface area contributed by atoms with Gasteiger partial charge in [0.25, 0.3) is 15.0 Å². The molecule has 0 bridgehead atoms. The summed E-state index contributed by atoms with van der Waals surface area (Å²) in [7, 11) is 2.81. The number of carbonyl (C=O) groups excluding carboxylic acids is 1. The fraction of sp³-hybridized carbons (Fsp3) is 0.417. The van der Waals surface area contributed by atoms with E-state index in [2.05, 4.69) is 0 Å². The van der Waals surface area contributed by atoms with Gasteiger partial charge in [-0.15, -0.1) is 0 Å². The monoisotopic (exact) mass is 357 g/mol. The first kappa shape index (κ1) is 17.6. The smallest absolute Gasteiger partial charge is 0.262 e. The van der Waals surface area contributed by atoms with Crippen molar-refractivity contribution >= 4 is 48.8 Å². The zero-order chi connectivity index (χ0) is 15.7. The van der Waals surface area contributed by atoms with E-state index < -0.39 is 15.0 Å². The molecule has 4 nitrogen and oxygen atoms in total. The lowest BCUT2D eigenvalue weighted by atomic mass is 10.1. The van der Waals surface area contributed by atoms with Gasteiger partial charge in [-0.25, -0.2) is 8.42 Å². The maximum absolute atomic E-state index is 12.3. The molecule has 0 spiro atoms. The predicted octanol–water partition coefficient (Wildman–Crippen LogP) is 3.65. The zero-order valence-electron chi connectivity index (χ0n) is 11.2. The Labute approximate surface area is 133 Å². The van der Waals surface area contributed by atoms with E-state index in [0.717, 1.165) is 6.07 Å². The molecule has 1 aromatic rings. The molecule has 20 heavy (non-hydrogen) atoms. The van der Waals surface area contributed by atoms with E-state index in [1.807, 2.05) is 13.8 Å². The van der Waals surface area contributed by atoms with Crippen molar-refractivity contribution in [2.45, 2.75) is 18.7 Å². The van der Waals surface area contributed by atoms with Crippen LogP contribution in [0.4, 0.5) is 0 Å². The minimum Gasteiger partial charge on any atom is -0.341 e. The summed E-state index contributed by atoms with van der Waals surface area (Å²) in [4.78, 5) is 13.4. The van der Waals surface area contributed by atoms with Crippen LogP contribution in [-0.2, 0) is 9.05 Å². The van der Waals surface area contributed by atoms with E-state index in [1.165, 1.54) is 11.0 Å². The molecule has 112 valence electrons. The van der Waals surface area contributed by atoms with Crippen molar-refractivity contribution in [1.29, 1.82) is 0 Å². The first-order chi connectivity index (χ1) is 9.04. The lowest BCUT2D eigenvalue weighted by Gasteiger charge is -2.20. The Morgan fingerprint density at radius 1 is 1.30 bits per heavy atom. The summed E-state index contributed by atoms with van der Waals surface area (Å²) in [6.07, 6.45) is 0. The topological polar surface area (TPSA) is 54.5 Å². The van der Waals surface area contributed by atoms with Gasteiger partial charge in [0.2, 0.25) is 0 Å². The van der Waals surface area contributed by atoms with Crippen LogP contribution in [0.5, 0.6) is 0 Å². The molecule has 0 fully saturated rings. The van der Waals surface area contributed by atoms with Gasteiger partial charge in [-0.3, -0.25) is 4.79 Å². The molecular weight excluding hydrogens is 345 g/mol. The highest BCUT2D eigenvalue weighted by Crippen LogP contribution is 2.32. The molecule has 0 saturated heterocycles. The third-order valence-electron chi connectivity index (χ3n) is 2.48. The van der Waals surface area contributed by atoms with E-state index in [1.54, 1.807) is 7.05 Å². The Hall–Kier alpha value is -0.490. The average Bonchev–Trinajstić information content (AvgIpc) is 2.28. The molecule has 0 unspecified atom stereocenters. The van der Waals surface area contributed by atoms with Gasteiger partial charge in [-0.1, -0.05) is 37.0 Å². The number of rotatable bonds is 4. The van der Waals surface area contributed by atoms with Gasteiger partial charge in [-0.2, -0.15) is 0 Å². The van der Waals surface area contributed by atoms with Crippen LogP contribution in [0.25, 0.3) is 0 Å². The number of hydrogen-bond donors (Lipinski definition) is 0. The van der Waals surface area contributed by atoms with Gasteiger partial charge in [0.15, 0.2) is 0 Å². The summed E-state index contributed by atoms with van der Waals surface area (Å²) < 4.78 is 22.9. The third kappa shape index (κ3) is 4.25. The second-order valence-corrected chi connectivity index (χ2v) is 8.13. The van der Waals surface area contributed by atoms with E-state index in [4.69, 9.17) is 33.9 Å². The maximum Gasteiger partial charge on any atom is 0.262 e. The summed E-state index contributed by atoms with van der Waals surface area (Å²) >= 11 is 11.8. The molecule has 0 saturated carbocycles. The molecule has 0 aromatic heterocycles. The van der Waals surface area contributed by atoms with Crippen LogP contribution in [0.15, 0.2) is 17.0 Å². The van der Waals surface area contributed by atoms with E-state index in [9.17, 15) is 13.2 Å². The van der Waals surface area contributed by atoms with Crippen molar-refractivity contribution in [2.24, 2.45) is 5.92 Å². The Bertz CT molecular complexity index is 629.